The Morgan fingerprint density at radius 2 is 1.58 bits per heavy atom. The minimum absolute atomic E-state index is 0.0257. The fourth-order valence-electron chi connectivity index (χ4n) is 7.80. The molecule has 1 atom stereocenters. The Morgan fingerprint density at radius 3 is 2.25 bits per heavy atom. The molecule has 2 aliphatic heterocycles. The third-order valence-electron chi connectivity index (χ3n) is 10.8. The first kappa shape index (κ1) is 36.9. The van der Waals surface area contributed by atoms with Crippen molar-refractivity contribution in [2.75, 3.05) is 59.5 Å². The number of nitrogens with one attached hydrogen (secondary N) is 1. The number of unbranched alkanes of at least 4 members (excludes halogenated alkanes) is 2. The summed E-state index contributed by atoms with van der Waals surface area (Å²) < 4.78 is 18.1. The summed E-state index contributed by atoms with van der Waals surface area (Å²) in [7, 11) is 4.64. The molecule has 0 spiro atoms. The van der Waals surface area contributed by atoms with Gasteiger partial charge in [-0.15, -0.1) is 0 Å². The number of carbonyl (C=O) groups excluding carboxylic acids is 3. The number of imidazole rings is 1. The van der Waals surface area contributed by atoms with E-state index in [0.29, 0.717) is 53.7 Å². The number of piperidine rings is 1. The molecule has 0 radical (unpaired) electrons. The number of carbonyl (C=O) groups is 3. The topological polar surface area (TPSA) is 115 Å². The molecule has 11 nitrogen and oxygen atoms in total. The summed E-state index contributed by atoms with van der Waals surface area (Å²) in [5.41, 5.74) is 5.91. The number of likely N-dealkylation sites (tertiary alicyclic amines) is 2. The van der Waals surface area contributed by atoms with E-state index in [-0.39, 0.29) is 28.9 Å². The summed E-state index contributed by atoms with van der Waals surface area (Å²) >= 11 is 0. The second-order valence-electron chi connectivity index (χ2n) is 14.0. The SMILES string of the molecule is CCCCCC(=O)Nn1c(C(=O)C2CCN(CCC3(c4ccccc4)CCN(C(=O)c4cc(OC)c(OC)c(OC)c4)C3)CC2)nc2ccccc21. The minimum atomic E-state index is -0.204. The van der Waals surface area contributed by atoms with Gasteiger partial charge in [0.2, 0.25) is 17.4 Å². The van der Waals surface area contributed by atoms with Gasteiger partial charge in [-0.1, -0.05) is 62.2 Å². The number of ether oxygens (including phenoxy) is 3. The Bertz CT molecular complexity index is 1840. The maximum atomic E-state index is 14.0. The van der Waals surface area contributed by atoms with E-state index in [1.54, 1.807) is 38.1 Å². The van der Waals surface area contributed by atoms with Crippen molar-refractivity contribution >= 4 is 28.6 Å². The molecule has 1 N–H and O–H groups in total. The molecular formula is C41H51N5O6. The van der Waals surface area contributed by atoms with Gasteiger partial charge in [0.1, 0.15) is 0 Å². The van der Waals surface area contributed by atoms with Crippen molar-refractivity contribution in [3.63, 3.8) is 0 Å². The number of ketones is 1. The van der Waals surface area contributed by atoms with Crippen molar-refractivity contribution in [2.24, 2.45) is 5.92 Å². The zero-order valence-electron chi connectivity index (χ0n) is 30.9. The van der Waals surface area contributed by atoms with Gasteiger partial charge in [0.05, 0.1) is 32.4 Å². The van der Waals surface area contributed by atoms with Crippen LogP contribution < -0.4 is 19.6 Å². The number of methoxy groups -OCH3 is 3. The van der Waals surface area contributed by atoms with E-state index in [1.807, 2.05) is 35.2 Å². The number of para-hydroxylation sites is 2. The van der Waals surface area contributed by atoms with E-state index >= 15 is 0 Å². The molecule has 276 valence electrons. The lowest BCUT2D eigenvalue weighted by Gasteiger charge is -2.36. The first-order valence-corrected chi connectivity index (χ1v) is 18.5. The van der Waals surface area contributed by atoms with Crippen LogP contribution in [0.4, 0.5) is 0 Å². The Hall–Kier alpha value is -4.90. The van der Waals surface area contributed by atoms with Crippen LogP contribution in [0.5, 0.6) is 17.2 Å². The van der Waals surface area contributed by atoms with E-state index in [1.165, 1.54) is 5.56 Å². The molecule has 2 fully saturated rings. The van der Waals surface area contributed by atoms with Gasteiger partial charge in [0.25, 0.3) is 5.91 Å². The standard InChI is InChI=1S/C41H51N5O6/c1-5-6-8-17-36(47)43-46-33-16-12-11-15-32(33)42-39(46)37(48)29-18-22-44(23-19-29)24-20-41(31-13-9-7-10-14-31)21-25-45(28-41)40(49)30-26-34(50-2)38(52-4)35(27-30)51-3/h7,9-16,26-27,29H,5-6,8,17-25,28H2,1-4H3,(H,43,47). The molecule has 3 aromatic carbocycles. The lowest BCUT2D eigenvalue weighted by Crippen LogP contribution is -2.41. The highest BCUT2D eigenvalue weighted by atomic mass is 16.5. The van der Waals surface area contributed by atoms with Crippen LogP contribution in [-0.4, -0.2) is 91.1 Å². The Kier molecular flexibility index (Phi) is 11.8. The molecule has 0 saturated carbocycles. The van der Waals surface area contributed by atoms with Crippen LogP contribution in [0.3, 0.4) is 0 Å². The van der Waals surface area contributed by atoms with Crippen LogP contribution in [-0.2, 0) is 10.2 Å². The van der Waals surface area contributed by atoms with Crippen molar-refractivity contribution in [1.82, 2.24) is 19.5 Å². The highest BCUT2D eigenvalue weighted by Gasteiger charge is 2.42. The molecule has 0 bridgehead atoms. The van der Waals surface area contributed by atoms with Crippen LogP contribution in [0.25, 0.3) is 11.0 Å². The maximum Gasteiger partial charge on any atom is 0.254 e. The smallest absolute Gasteiger partial charge is 0.254 e. The van der Waals surface area contributed by atoms with E-state index < -0.39 is 0 Å². The predicted octanol–water partition coefficient (Wildman–Crippen LogP) is 6.48. The van der Waals surface area contributed by atoms with Crippen LogP contribution in [0, 0.1) is 5.92 Å². The van der Waals surface area contributed by atoms with E-state index in [4.69, 9.17) is 19.2 Å². The molecule has 52 heavy (non-hydrogen) atoms. The van der Waals surface area contributed by atoms with Gasteiger partial charge in [-0.2, -0.15) is 0 Å². The number of aromatic nitrogens is 2. The highest BCUT2D eigenvalue weighted by molar-refractivity contribution is 5.99. The molecule has 4 aromatic rings. The summed E-state index contributed by atoms with van der Waals surface area (Å²) in [4.78, 5) is 49.8. The Morgan fingerprint density at radius 1 is 0.885 bits per heavy atom. The molecule has 3 heterocycles. The van der Waals surface area contributed by atoms with Crippen molar-refractivity contribution in [1.29, 1.82) is 0 Å². The van der Waals surface area contributed by atoms with Crippen LogP contribution in [0.1, 0.15) is 84.8 Å². The zero-order chi connectivity index (χ0) is 36.7. The molecule has 6 rings (SSSR count). The summed E-state index contributed by atoms with van der Waals surface area (Å²) in [5, 5.41) is 0. The molecule has 1 aromatic heterocycles. The summed E-state index contributed by atoms with van der Waals surface area (Å²) in [6, 6.07) is 21.5. The normalized spacial score (nSPS) is 18.0. The summed E-state index contributed by atoms with van der Waals surface area (Å²) in [6.45, 7) is 5.78. The molecule has 2 amide bonds. The number of fused-ring (bicyclic) bond motifs is 1. The average Bonchev–Trinajstić information content (AvgIpc) is 3.79. The first-order chi connectivity index (χ1) is 25.3. The van der Waals surface area contributed by atoms with Gasteiger partial charge >= 0.3 is 0 Å². The van der Waals surface area contributed by atoms with E-state index in [0.717, 1.165) is 70.1 Å². The van der Waals surface area contributed by atoms with Gasteiger partial charge in [0, 0.05) is 36.4 Å². The van der Waals surface area contributed by atoms with Gasteiger partial charge < -0.3 is 24.0 Å². The van der Waals surface area contributed by atoms with Gasteiger partial charge in [-0.25, -0.2) is 9.66 Å². The fourth-order valence-corrected chi connectivity index (χ4v) is 7.80. The number of rotatable bonds is 15. The monoisotopic (exact) mass is 709 g/mol. The average molecular weight is 710 g/mol. The Labute approximate surface area is 306 Å². The second kappa shape index (κ2) is 16.6. The highest BCUT2D eigenvalue weighted by Crippen LogP contribution is 2.41. The number of nitrogens with zero attached hydrogens (tertiary/aromatic N) is 4. The zero-order valence-corrected chi connectivity index (χ0v) is 30.9. The number of hydrogen-bond donors (Lipinski definition) is 1. The largest absolute Gasteiger partial charge is 0.493 e. The number of benzene rings is 3. The number of amides is 2. The number of hydrogen-bond acceptors (Lipinski definition) is 8. The Balaban J connectivity index is 1.12. The van der Waals surface area contributed by atoms with Crippen LogP contribution in [0.2, 0.25) is 0 Å². The first-order valence-electron chi connectivity index (χ1n) is 18.5. The molecule has 1 unspecified atom stereocenters. The van der Waals surface area contributed by atoms with Crippen molar-refractivity contribution in [2.45, 2.75) is 63.7 Å². The fraction of sp³-hybridized carbons (Fsp3) is 0.463. The predicted molar refractivity (Wildman–Crippen MR) is 201 cm³/mol. The molecule has 11 heteroatoms. The minimum Gasteiger partial charge on any atom is -0.493 e. The second-order valence-corrected chi connectivity index (χ2v) is 14.0. The lowest BCUT2D eigenvalue weighted by atomic mass is 9.76. The van der Waals surface area contributed by atoms with Gasteiger partial charge in [0.15, 0.2) is 17.3 Å². The molecule has 0 aliphatic carbocycles. The van der Waals surface area contributed by atoms with Gasteiger partial charge in [-0.3, -0.25) is 19.8 Å². The van der Waals surface area contributed by atoms with Crippen molar-refractivity contribution < 1.29 is 28.6 Å². The van der Waals surface area contributed by atoms with Crippen molar-refractivity contribution in [3.8, 4) is 17.2 Å². The van der Waals surface area contributed by atoms with Gasteiger partial charge in [-0.05, 0) is 81.6 Å². The quantitative estimate of drug-likeness (QED) is 0.110. The molecular weight excluding hydrogens is 658 g/mol. The lowest BCUT2D eigenvalue weighted by molar-refractivity contribution is -0.117. The summed E-state index contributed by atoms with van der Waals surface area (Å²) in [5.74, 6) is 1.27. The maximum absolute atomic E-state index is 14.0. The third-order valence-corrected chi connectivity index (χ3v) is 10.8. The summed E-state index contributed by atoms with van der Waals surface area (Å²) in [6.07, 6.45) is 6.41. The van der Waals surface area contributed by atoms with E-state index in [2.05, 4.69) is 41.5 Å². The van der Waals surface area contributed by atoms with E-state index in [9.17, 15) is 14.4 Å². The third kappa shape index (κ3) is 7.79. The van der Waals surface area contributed by atoms with Crippen molar-refractivity contribution in [3.05, 3.63) is 83.7 Å². The van der Waals surface area contributed by atoms with Crippen LogP contribution in [0.15, 0.2) is 66.7 Å². The number of Topliss-reactive ketones (excluding diaryl/α,β-unsaturated/α-hetero) is 1. The molecule has 2 aliphatic rings. The molecule has 2 saturated heterocycles. The van der Waals surface area contributed by atoms with Crippen LogP contribution >= 0.6 is 0 Å².